The molecule has 0 radical (unpaired) electrons. The molecular weight excluding hydrogens is 298 g/mol. The summed E-state index contributed by atoms with van der Waals surface area (Å²) in [6, 6.07) is 8.51. The summed E-state index contributed by atoms with van der Waals surface area (Å²) in [4.78, 5) is 25.8. The number of nitrogens with zero attached hydrogens (tertiary/aromatic N) is 2. The highest BCUT2D eigenvalue weighted by atomic mass is 16.6. The fourth-order valence-corrected chi connectivity index (χ4v) is 2.37. The predicted octanol–water partition coefficient (Wildman–Crippen LogP) is 3.07. The molecule has 1 amide bonds. The number of primary amides is 1. The van der Waals surface area contributed by atoms with Crippen molar-refractivity contribution in [3.63, 3.8) is 0 Å². The molecule has 1 aromatic heterocycles. The van der Waals surface area contributed by atoms with Gasteiger partial charge in [-0.1, -0.05) is 12.1 Å². The maximum absolute atomic E-state index is 11.4. The van der Waals surface area contributed by atoms with Crippen LogP contribution in [0.1, 0.15) is 19.4 Å². The van der Waals surface area contributed by atoms with E-state index in [9.17, 15) is 14.9 Å². The van der Waals surface area contributed by atoms with Crippen LogP contribution >= 0.6 is 0 Å². The van der Waals surface area contributed by atoms with Crippen molar-refractivity contribution < 1.29 is 14.5 Å². The molecule has 0 aliphatic heterocycles. The molecule has 7 heteroatoms. The maximum Gasteiger partial charge on any atom is 0.405 e. The van der Waals surface area contributed by atoms with Crippen LogP contribution in [0.2, 0.25) is 0 Å². The van der Waals surface area contributed by atoms with Gasteiger partial charge < -0.3 is 10.5 Å². The Balaban J connectivity index is 2.38. The molecule has 1 aromatic carbocycles. The van der Waals surface area contributed by atoms with Gasteiger partial charge in [-0.15, -0.1) is 0 Å². The predicted molar refractivity (Wildman–Crippen MR) is 84.8 cm³/mol. The second-order valence-electron chi connectivity index (χ2n) is 5.69. The Morgan fingerprint density at radius 1 is 1.26 bits per heavy atom. The van der Waals surface area contributed by atoms with Gasteiger partial charge in [-0.2, -0.15) is 0 Å². The topological polar surface area (TPSA) is 108 Å². The highest BCUT2D eigenvalue weighted by Crippen LogP contribution is 2.30. The minimum Gasteiger partial charge on any atom is -0.443 e. The van der Waals surface area contributed by atoms with E-state index in [0.29, 0.717) is 5.56 Å². The molecular formula is C16H17N3O4. The van der Waals surface area contributed by atoms with Crippen molar-refractivity contribution in [3.8, 4) is 11.1 Å². The number of nitro groups is 1. The molecule has 0 atom stereocenters. The summed E-state index contributed by atoms with van der Waals surface area (Å²) < 4.78 is 5.00. The van der Waals surface area contributed by atoms with Crippen LogP contribution in [0.4, 0.5) is 10.5 Å². The highest BCUT2D eigenvalue weighted by Gasteiger charge is 2.27. The van der Waals surface area contributed by atoms with Gasteiger partial charge in [-0.3, -0.25) is 15.1 Å². The first-order valence-electron chi connectivity index (χ1n) is 6.95. The third-order valence-electron chi connectivity index (χ3n) is 3.29. The van der Waals surface area contributed by atoms with Crippen molar-refractivity contribution in [2.45, 2.75) is 25.9 Å². The van der Waals surface area contributed by atoms with Crippen LogP contribution in [-0.4, -0.2) is 21.6 Å². The maximum atomic E-state index is 11.4. The van der Waals surface area contributed by atoms with Crippen LogP contribution in [0.25, 0.3) is 11.1 Å². The molecule has 23 heavy (non-hydrogen) atoms. The fourth-order valence-electron chi connectivity index (χ4n) is 2.37. The molecule has 7 nitrogen and oxygen atoms in total. The molecule has 0 unspecified atom stereocenters. The van der Waals surface area contributed by atoms with Gasteiger partial charge in [0.15, 0.2) is 0 Å². The molecule has 2 rings (SSSR count). The Hall–Kier alpha value is -2.96. The van der Waals surface area contributed by atoms with Gasteiger partial charge in [0, 0.05) is 30.4 Å². The van der Waals surface area contributed by atoms with Crippen LogP contribution in [0, 0.1) is 10.1 Å². The Morgan fingerprint density at radius 2 is 1.91 bits per heavy atom. The average molecular weight is 315 g/mol. The van der Waals surface area contributed by atoms with E-state index >= 15 is 0 Å². The smallest absolute Gasteiger partial charge is 0.405 e. The van der Waals surface area contributed by atoms with Crippen LogP contribution in [-0.2, 0) is 11.2 Å². The van der Waals surface area contributed by atoms with Crippen molar-refractivity contribution in [2.24, 2.45) is 5.73 Å². The lowest BCUT2D eigenvalue weighted by molar-refractivity contribution is -0.385. The highest BCUT2D eigenvalue weighted by molar-refractivity contribution is 5.67. The molecule has 0 spiro atoms. The minimum atomic E-state index is -0.936. The Kier molecular flexibility index (Phi) is 4.59. The summed E-state index contributed by atoms with van der Waals surface area (Å²) in [5.41, 5.74) is 6.09. The summed E-state index contributed by atoms with van der Waals surface area (Å²) in [6.07, 6.45) is 2.52. The van der Waals surface area contributed by atoms with Gasteiger partial charge in [0.25, 0.3) is 5.69 Å². The van der Waals surface area contributed by atoms with Gasteiger partial charge in [-0.25, -0.2) is 4.79 Å². The summed E-state index contributed by atoms with van der Waals surface area (Å²) >= 11 is 0. The number of carbonyl (C=O) groups excluding carboxylic acids is 1. The van der Waals surface area contributed by atoms with E-state index in [1.807, 2.05) is 0 Å². The van der Waals surface area contributed by atoms with E-state index in [4.69, 9.17) is 10.5 Å². The number of aromatic nitrogens is 1. The molecule has 0 aliphatic carbocycles. The first-order valence-corrected chi connectivity index (χ1v) is 6.95. The summed E-state index contributed by atoms with van der Waals surface area (Å²) in [5.74, 6) is 0. The van der Waals surface area contributed by atoms with Crippen molar-refractivity contribution in [2.75, 3.05) is 0 Å². The van der Waals surface area contributed by atoms with Crippen molar-refractivity contribution in [3.05, 3.63) is 58.4 Å². The number of nitrogens with two attached hydrogens (primary N) is 1. The number of amides is 1. The van der Waals surface area contributed by atoms with Crippen molar-refractivity contribution in [1.82, 2.24) is 4.98 Å². The summed E-state index contributed by atoms with van der Waals surface area (Å²) in [5, 5.41) is 11.4. The van der Waals surface area contributed by atoms with E-state index in [-0.39, 0.29) is 12.1 Å². The van der Waals surface area contributed by atoms with Crippen LogP contribution in [0.15, 0.2) is 42.7 Å². The lowest BCUT2D eigenvalue weighted by atomic mass is 9.95. The number of hydrogen-bond acceptors (Lipinski definition) is 5. The third kappa shape index (κ3) is 4.26. The zero-order valence-corrected chi connectivity index (χ0v) is 12.9. The summed E-state index contributed by atoms with van der Waals surface area (Å²) in [6.45, 7) is 3.30. The van der Waals surface area contributed by atoms with Gasteiger partial charge in [0.05, 0.1) is 4.92 Å². The molecule has 2 N–H and O–H groups in total. The zero-order valence-electron chi connectivity index (χ0n) is 12.9. The van der Waals surface area contributed by atoms with Crippen LogP contribution in [0.5, 0.6) is 0 Å². The molecule has 0 saturated heterocycles. The Bertz CT molecular complexity index is 729. The zero-order chi connectivity index (χ0) is 17.0. The number of hydrogen-bond donors (Lipinski definition) is 1. The lowest BCUT2D eigenvalue weighted by Crippen LogP contribution is -2.33. The minimum absolute atomic E-state index is 0.0274. The first-order chi connectivity index (χ1) is 10.8. The largest absolute Gasteiger partial charge is 0.443 e. The normalized spacial score (nSPS) is 11.0. The second-order valence-corrected chi connectivity index (χ2v) is 5.69. The molecule has 0 bridgehead atoms. The molecule has 1 heterocycles. The second kappa shape index (κ2) is 6.43. The lowest BCUT2D eigenvalue weighted by Gasteiger charge is -2.24. The standard InChI is InChI=1S/C16H17N3O4/c1-16(2,23-15(17)20)10-13-4-3-12(9-14(13)19(21)22)11-5-7-18-8-6-11/h3-9H,10H2,1-2H3,(H2,17,20). The van der Waals surface area contributed by atoms with Crippen LogP contribution < -0.4 is 5.73 Å². The number of rotatable bonds is 5. The fraction of sp³-hybridized carbons (Fsp3) is 0.250. The molecule has 0 fully saturated rings. The number of pyridine rings is 1. The summed E-state index contributed by atoms with van der Waals surface area (Å²) in [7, 11) is 0. The quantitative estimate of drug-likeness (QED) is 0.673. The van der Waals surface area contributed by atoms with Crippen molar-refractivity contribution >= 4 is 11.8 Å². The number of ether oxygens (including phenoxy) is 1. The SMILES string of the molecule is CC(C)(Cc1ccc(-c2ccncc2)cc1[N+](=O)[O-])OC(N)=O. The van der Waals surface area contributed by atoms with E-state index in [2.05, 4.69) is 4.98 Å². The third-order valence-corrected chi connectivity index (χ3v) is 3.29. The number of benzene rings is 1. The number of carbonyl (C=O) groups is 1. The monoisotopic (exact) mass is 315 g/mol. The van der Waals surface area contributed by atoms with E-state index in [1.165, 1.54) is 6.07 Å². The Morgan fingerprint density at radius 3 is 2.48 bits per heavy atom. The van der Waals surface area contributed by atoms with Crippen molar-refractivity contribution in [1.29, 1.82) is 0 Å². The van der Waals surface area contributed by atoms with E-state index in [0.717, 1.165) is 11.1 Å². The van der Waals surface area contributed by atoms with E-state index < -0.39 is 16.6 Å². The van der Waals surface area contributed by atoms with Gasteiger partial charge in [0.1, 0.15) is 5.60 Å². The van der Waals surface area contributed by atoms with Gasteiger partial charge >= 0.3 is 6.09 Å². The Labute approximate surface area is 133 Å². The van der Waals surface area contributed by atoms with Gasteiger partial charge in [0.2, 0.25) is 0 Å². The number of nitro benzene ring substituents is 1. The van der Waals surface area contributed by atoms with E-state index in [1.54, 1.807) is 50.5 Å². The van der Waals surface area contributed by atoms with Crippen LogP contribution in [0.3, 0.4) is 0 Å². The molecule has 0 aliphatic rings. The average Bonchev–Trinajstić information content (AvgIpc) is 2.46. The molecule has 2 aromatic rings. The molecule has 120 valence electrons. The van der Waals surface area contributed by atoms with Gasteiger partial charge in [-0.05, 0) is 37.1 Å². The molecule has 0 saturated carbocycles. The first kappa shape index (κ1) is 16.4.